The molecule has 132 valence electrons. The monoisotopic (exact) mass is 372 g/mol. The molecule has 0 aliphatic carbocycles. The molecule has 0 saturated carbocycles. The molecule has 0 bridgehead atoms. The number of carbonyl (C=O) groups is 1. The third-order valence-corrected chi connectivity index (χ3v) is 4.68. The maximum absolute atomic E-state index is 12.4. The normalized spacial score (nSPS) is 16.6. The summed E-state index contributed by atoms with van der Waals surface area (Å²) in [6.07, 6.45) is 1.97. The van der Waals surface area contributed by atoms with E-state index in [0.29, 0.717) is 29.5 Å². The molecule has 2 aromatic rings. The molecule has 5 nitrogen and oxygen atoms in total. The highest BCUT2D eigenvalue weighted by atomic mass is 35.5. The van der Waals surface area contributed by atoms with E-state index in [0.717, 1.165) is 31.3 Å². The first-order valence-corrected chi connectivity index (χ1v) is 8.17. The van der Waals surface area contributed by atoms with Crippen molar-refractivity contribution in [3.05, 3.63) is 35.0 Å². The van der Waals surface area contributed by atoms with Crippen LogP contribution >= 0.6 is 24.0 Å². The van der Waals surface area contributed by atoms with Gasteiger partial charge in [-0.15, -0.1) is 12.4 Å². The molecule has 1 saturated heterocycles. The number of furan rings is 1. The van der Waals surface area contributed by atoms with Crippen molar-refractivity contribution in [2.75, 3.05) is 33.4 Å². The maximum Gasteiger partial charge on any atom is 0.287 e. The van der Waals surface area contributed by atoms with Gasteiger partial charge in [0, 0.05) is 29.5 Å². The molecule has 7 heteroatoms. The second kappa shape index (κ2) is 8.21. The molecule has 1 aliphatic heterocycles. The number of hydrogen-bond donors (Lipinski definition) is 2. The van der Waals surface area contributed by atoms with Gasteiger partial charge < -0.3 is 19.8 Å². The minimum Gasteiger partial charge on any atom is -0.451 e. The van der Waals surface area contributed by atoms with E-state index in [9.17, 15) is 4.79 Å². The minimum atomic E-state index is -0.202. The van der Waals surface area contributed by atoms with Gasteiger partial charge >= 0.3 is 0 Å². The van der Waals surface area contributed by atoms with Crippen molar-refractivity contribution in [3.63, 3.8) is 0 Å². The van der Waals surface area contributed by atoms with Crippen molar-refractivity contribution in [1.29, 1.82) is 0 Å². The summed E-state index contributed by atoms with van der Waals surface area (Å²) in [5.74, 6) is 0.107. The topological polar surface area (TPSA) is 63.5 Å². The van der Waals surface area contributed by atoms with Gasteiger partial charge in [0.1, 0.15) is 5.58 Å². The fourth-order valence-electron chi connectivity index (χ4n) is 3.12. The van der Waals surface area contributed by atoms with Gasteiger partial charge in [-0.2, -0.15) is 0 Å². The van der Waals surface area contributed by atoms with E-state index < -0.39 is 0 Å². The third-order valence-electron chi connectivity index (χ3n) is 4.44. The van der Waals surface area contributed by atoms with Gasteiger partial charge in [0.15, 0.2) is 5.76 Å². The second-order valence-corrected chi connectivity index (χ2v) is 6.59. The van der Waals surface area contributed by atoms with Crippen LogP contribution in [0.4, 0.5) is 0 Å². The van der Waals surface area contributed by atoms with E-state index in [-0.39, 0.29) is 23.7 Å². The molecule has 1 fully saturated rings. The van der Waals surface area contributed by atoms with E-state index in [1.165, 1.54) is 0 Å². The summed E-state index contributed by atoms with van der Waals surface area (Å²) >= 11 is 5.96. The largest absolute Gasteiger partial charge is 0.451 e. The Morgan fingerprint density at radius 2 is 2.12 bits per heavy atom. The number of fused-ring (bicyclic) bond motifs is 1. The summed E-state index contributed by atoms with van der Waals surface area (Å²) in [4.78, 5) is 12.4. The molecule has 0 radical (unpaired) electrons. The molecule has 2 heterocycles. The first-order valence-electron chi connectivity index (χ1n) is 7.79. The molecule has 0 atom stereocenters. The van der Waals surface area contributed by atoms with Crippen molar-refractivity contribution >= 4 is 40.9 Å². The van der Waals surface area contributed by atoms with Crippen LogP contribution in [0.15, 0.2) is 28.7 Å². The number of carbonyl (C=O) groups excluding carboxylic acids is 1. The summed E-state index contributed by atoms with van der Waals surface area (Å²) in [5.41, 5.74) is 0.651. The van der Waals surface area contributed by atoms with Crippen molar-refractivity contribution in [2.45, 2.75) is 12.8 Å². The van der Waals surface area contributed by atoms with Crippen LogP contribution in [-0.2, 0) is 4.74 Å². The second-order valence-electron chi connectivity index (χ2n) is 6.16. The van der Waals surface area contributed by atoms with E-state index >= 15 is 0 Å². The Labute approximate surface area is 152 Å². The number of benzene rings is 1. The molecular formula is C17H22Cl2N2O3. The molecule has 1 aromatic carbocycles. The molecule has 1 amide bonds. The smallest absolute Gasteiger partial charge is 0.287 e. The van der Waals surface area contributed by atoms with Crippen molar-refractivity contribution in [3.8, 4) is 0 Å². The highest BCUT2D eigenvalue weighted by Crippen LogP contribution is 2.28. The lowest BCUT2D eigenvalue weighted by molar-refractivity contribution is 0.0506. The highest BCUT2D eigenvalue weighted by Gasteiger charge is 2.32. The number of ether oxygens (including phenoxy) is 1. The van der Waals surface area contributed by atoms with Gasteiger partial charge in [0.2, 0.25) is 0 Å². The van der Waals surface area contributed by atoms with Crippen LogP contribution in [0, 0.1) is 5.41 Å². The third kappa shape index (κ3) is 4.22. The number of methoxy groups -OCH3 is 1. The SMILES string of the molecule is COCC1(CNC(=O)c2cc3cc(Cl)ccc3o2)CCNCC1.Cl. The van der Waals surface area contributed by atoms with Crippen LogP contribution in [0.3, 0.4) is 0 Å². The first kappa shape index (κ1) is 19.1. The van der Waals surface area contributed by atoms with Crippen LogP contribution in [0.5, 0.6) is 0 Å². The zero-order valence-electron chi connectivity index (χ0n) is 13.6. The van der Waals surface area contributed by atoms with E-state index in [1.54, 1.807) is 31.4 Å². The fourth-order valence-corrected chi connectivity index (χ4v) is 3.30. The number of rotatable bonds is 5. The molecule has 2 N–H and O–H groups in total. The Bertz CT molecular complexity index is 691. The van der Waals surface area contributed by atoms with Gasteiger partial charge in [-0.3, -0.25) is 4.79 Å². The minimum absolute atomic E-state index is 0. The summed E-state index contributed by atoms with van der Waals surface area (Å²) in [6.45, 7) is 3.12. The Balaban J connectivity index is 0.00000208. The van der Waals surface area contributed by atoms with Gasteiger partial charge in [0.05, 0.1) is 6.61 Å². The molecular weight excluding hydrogens is 351 g/mol. The predicted molar refractivity (Wildman–Crippen MR) is 97.2 cm³/mol. The molecule has 3 rings (SSSR count). The van der Waals surface area contributed by atoms with E-state index in [4.69, 9.17) is 20.8 Å². The molecule has 1 aliphatic rings. The van der Waals surface area contributed by atoms with Gasteiger partial charge in [-0.25, -0.2) is 0 Å². The Hall–Kier alpha value is -1.27. The number of amides is 1. The molecule has 0 spiro atoms. The first-order chi connectivity index (χ1) is 11.1. The molecule has 24 heavy (non-hydrogen) atoms. The standard InChI is InChI=1S/C17H21ClN2O3.ClH/c1-22-11-17(4-6-19-7-5-17)10-20-16(21)15-9-12-8-13(18)2-3-14(12)23-15;/h2-3,8-9,19H,4-7,10-11H2,1H3,(H,20,21);1H. The Morgan fingerprint density at radius 1 is 1.38 bits per heavy atom. The lowest BCUT2D eigenvalue weighted by atomic mass is 9.79. The lowest BCUT2D eigenvalue weighted by Crippen LogP contribution is -2.47. The van der Waals surface area contributed by atoms with Gasteiger partial charge in [-0.1, -0.05) is 11.6 Å². The van der Waals surface area contributed by atoms with Crippen LogP contribution < -0.4 is 10.6 Å². The molecule has 1 aromatic heterocycles. The Kier molecular flexibility index (Phi) is 6.52. The Morgan fingerprint density at radius 3 is 2.83 bits per heavy atom. The predicted octanol–water partition coefficient (Wildman–Crippen LogP) is 3.25. The summed E-state index contributed by atoms with van der Waals surface area (Å²) in [7, 11) is 1.70. The summed E-state index contributed by atoms with van der Waals surface area (Å²) in [6, 6.07) is 7.03. The van der Waals surface area contributed by atoms with E-state index in [1.807, 2.05) is 0 Å². The zero-order chi connectivity index (χ0) is 16.3. The zero-order valence-corrected chi connectivity index (χ0v) is 15.1. The highest BCUT2D eigenvalue weighted by molar-refractivity contribution is 6.31. The number of halogens is 2. The van der Waals surface area contributed by atoms with Crippen molar-refractivity contribution in [1.82, 2.24) is 10.6 Å². The lowest BCUT2D eigenvalue weighted by Gasteiger charge is -2.37. The maximum atomic E-state index is 12.4. The quantitative estimate of drug-likeness (QED) is 0.845. The van der Waals surface area contributed by atoms with Crippen molar-refractivity contribution < 1.29 is 13.9 Å². The average Bonchev–Trinajstić information content (AvgIpc) is 2.97. The number of nitrogens with one attached hydrogen (secondary N) is 2. The van der Waals surface area contributed by atoms with Gasteiger partial charge in [-0.05, 0) is 50.2 Å². The summed E-state index contributed by atoms with van der Waals surface area (Å²) in [5, 5.41) is 7.79. The fraction of sp³-hybridized carbons (Fsp3) is 0.471. The van der Waals surface area contributed by atoms with Crippen LogP contribution in [-0.4, -0.2) is 39.3 Å². The number of hydrogen-bond acceptors (Lipinski definition) is 4. The average molecular weight is 373 g/mol. The van der Waals surface area contributed by atoms with Crippen LogP contribution in [0.1, 0.15) is 23.4 Å². The van der Waals surface area contributed by atoms with Crippen LogP contribution in [0.25, 0.3) is 11.0 Å². The summed E-state index contributed by atoms with van der Waals surface area (Å²) < 4.78 is 11.0. The van der Waals surface area contributed by atoms with Gasteiger partial charge in [0.25, 0.3) is 5.91 Å². The van der Waals surface area contributed by atoms with Crippen molar-refractivity contribution in [2.24, 2.45) is 5.41 Å². The molecule has 0 unspecified atom stereocenters. The van der Waals surface area contributed by atoms with Crippen LogP contribution in [0.2, 0.25) is 5.02 Å². The van der Waals surface area contributed by atoms with E-state index in [2.05, 4.69) is 10.6 Å². The number of piperidine rings is 1.